The van der Waals surface area contributed by atoms with Gasteiger partial charge in [-0.15, -0.1) is 0 Å². The second-order valence-electron chi connectivity index (χ2n) is 6.81. The lowest BCUT2D eigenvalue weighted by Crippen LogP contribution is -2.44. The fourth-order valence-corrected chi connectivity index (χ4v) is 3.17. The average Bonchev–Trinajstić information content (AvgIpc) is 3.01. The molecule has 0 amide bonds. The van der Waals surface area contributed by atoms with Gasteiger partial charge in [-0.1, -0.05) is 6.92 Å². The van der Waals surface area contributed by atoms with Crippen LogP contribution in [0.2, 0.25) is 0 Å². The second kappa shape index (κ2) is 7.71. The molecule has 1 aromatic heterocycles. The quantitative estimate of drug-likeness (QED) is 0.885. The van der Waals surface area contributed by atoms with Crippen LogP contribution in [0, 0.1) is 6.92 Å². The van der Waals surface area contributed by atoms with Gasteiger partial charge in [-0.3, -0.25) is 4.68 Å². The van der Waals surface area contributed by atoms with Crippen LogP contribution < -0.4 is 10.2 Å². The Morgan fingerprint density at radius 2 is 1.92 bits per heavy atom. The number of nitrogens with one attached hydrogen (secondary N) is 1. The molecule has 0 saturated carbocycles. The van der Waals surface area contributed by atoms with Crippen LogP contribution in [0.15, 0.2) is 30.6 Å². The molecule has 24 heavy (non-hydrogen) atoms. The highest BCUT2D eigenvalue weighted by atomic mass is 15.3. The van der Waals surface area contributed by atoms with E-state index in [4.69, 9.17) is 0 Å². The van der Waals surface area contributed by atoms with Crippen LogP contribution in [0.5, 0.6) is 0 Å². The standard InChI is InChI=1S/C19H29N5/c1-4-5-24-15-17(14-21-24)13-20-18-10-16(2)11-19(12-18)23-8-6-22(3)7-9-23/h10-12,14-15,20H,4-9,13H2,1-3H3. The Morgan fingerprint density at radius 3 is 2.67 bits per heavy atom. The highest BCUT2D eigenvalue weighted by Crippen LogP contribution is 2.23. The highest BCUT2D eigenvalue weighted by Gasteiger charge is 2.15. The van der Waals surface area contributed by atoms with Crippen molar-refractivity contribution in [3.8, 4) is 0 Å². The number of hydrogen-bond donors (Lipinski definition) is 1. The number of aromatic nitrogens is 2. The molecule has 5 heteroatoms. The highest BCUT2D eigenvalue weighted by molar-refractivity contribution is 5.60. The third-order valence-electron chi connectivity index (χ3n) is 4.57. The third kappa shape index (κ3) is 4.29. The Hall–Kier alpha value is -2.01. The fraction of sp³-hybridized carbons (Fsp3) is 0.526. The van der Waals surface area contributed by atoms with E-state index in [0.717, 1.165) is 45.7 Å². The summed E-state index contributed by atoms with van der Waals surface area (Å²) in [5, 5.41) is 7.95. The topological polar surface area (TPSA) is 36.3 Å². The van der Waals surface area contributed by atoms with E-state index in [1.807, 2.05) is 10.9 Å². The maximum atomic E-state index is 4.40. The summed E-state index contributed by atoms with van der Waals surface area (Å²) in [5.74, 6) is 0. The predicted octanol–water partition coefficient (Wildman–Crippen LogP) is 2.97. The molecule has 1 aromatic carbocycles. The van der Waals surface area contributed by atoms with E-state index in [1.54, 1.807) is 0 Å². The van der Waals surface area contributed by atoms with Gasteiger partial charge in [0.1, 0.15) is 0 Å². The Bertz CT molecular complexity index is 656. The lowest BCUT2D eigenvalue weighted by atomic mass is 10.1. The van der Waals surface area contributed by atoms with E-state index in [9.17, 15) is 0 Å². The summed E-state index contributed by atoms with van der Waals surface area (Å²) < 4.78 is 2.02. The first-order chi connectivity index (χ1) is 11.6. The minimum absolute atomic E-state index is 0.815. The fourth-order valence-electron chi connectivity index (χ4n) is 3.17. The van der Waals surface area contributed by atoms with E-state index in [1.165, 1.54) is 22.5 Å². The molecule has 1 saturated heterocycles. The van der Waals surface area contributed by atoms with Crippen molar-refractivity contribution in [2.45, 2.75) is 33.4 Å². The molecule has 0 bridgehead atoms. The first-order valence-corrected chi connectivity index (χ1v) is 8.94. The molecule has 2 aromatic rings. The van der Waals surface area contributed by atoms with Crippen LogP contribution >= 0.6 is 0 Å². The number of hydrogen-bond acceptors (Lipinski definition) is 4. The molecule has 2 heterocycles. The van der Waals surface area contributed by atoms with Gasteiger partial charge in [0.15, 0.2) is 0 Å². The van der Waals surface area contributed by atoms with Gasteiger partial charge in [-0.05, 0) is 44.2 Å². The molecule has 0 spiro atoms. The average molecular weight is 327 g/mol. The van der Waals surface area contributed by atoms with Crippen LogP contribution in [0.3, 0.4) is 0 Å². The molecule has 0 radical (unpaired) electrons. The van der Waals surface area contributed by atoms with Crippen molar-refractivity contribution in [2.24, 2.45) is 0 Å². The largest absolute Gasteiger partial charge is 0.381 e. The smallest absolute Gasteiger partial charge is 0.0539 e. The molecule has 130 valence electrons. The van der Waals surface area contributed by atoms with E-state index >= 15 is 0 Å². The summed E-state index contributed by atoms with van der Waals surface area (Å²) in [7, 11) is 2.19. The zero-order valence-corrected chi connectivity index (χ0v) is 15.1. The zero-order chi connectivity index (χ0) is 16.9. The number of anilines is 2. The lowest BCUT2D eigenvalue weighted by Gasteiger charge is -2.34. The van der Waals surface area contributed by atoms with Crippen molar-refractivity contribution in [1.29, 1.82) is 0 Å². The Balaban J connectivity index is 1.64. The van der Waals surface area contributed by atoms with Crippen molar-refractivity contribution in [3.63, 3.8) is 0 Å². The normalized spacial score (nSPS) is 15.7. The molecule has 1 aliphatic rings. The summed E-state index contributed by atoms with van der Waals surface area (Å²) in [6.45, 7) is 10.6. The van der Waals surface area contributed by atoms with Crippen LogP contribution in [0.25, 0.3) is 0 Å². The number of benzene rings is 1. The minimum Gasteiger partial charge on any atom is -0.381 e. The van der Waals surface area contributed by atoms with Crippen molar-refractivity contribution in [3.05, 3.63) is 41.7 Å². The lowest BCUT2D eigenvalue weighted by molar-refractivity contribution is 0.313. The molecule has 0 aliphatic carbocycles. The minimum atomic E-state index is 0.815. The summed E-state index contributed by atoms with van der Waals surface area (Å²) in [4.78, 5) is 4.87. The first-order valence-electron chi connectivity index (χ1n) is 8.94. The van der Waals surface area contributed by atoms with Crippen molar-refractivity contribution >= 4 is 11.4 Å². The SMILES string of the molecule is CCCn1cc(CNc2cc(C)cc(N3CCN(C)CC3)c2)cn1. The maximum absolute atomic E-state index is 4.40. The first kappa shape index (κ1) is 16.8. The van der Waals surface area contributed by atoms with Gasteiger partial charge in [0.05, 0.1) is 6.20 Å². The van der Waals surface area contributed by atoms with Crippen molar-refractivity contribution in [1.82, 2.24) is 14.7 Å². The molecule has 1 aliphatic heterocycles. The zero-order valence-electron chi connectivity index (χ0n) is 15.1. The number of nitrogens with zero attached hydrogens (tertiary/aromatic N) is 4. The Morgan fingerprint density at radius 1 is 1.12 bits per heavy atom. The van der Waals surface area contributed by atoms with Gasteiger partial charge in [-0.2, -0.15) is 5.10 Å². The van der Waals surface area contributed by atoms with E-state index < -0.39 is 0 Å². The summed E-state index contributed by atoms with van der Waals surface area (Å²) in [6, 6.07) is 6.78. The predicted molar refractivity (Wildman–Crippen MR) is 101 cm³/mol. The van der Waals surface area contributed by atoms with Gasteiger partial charge >= 0.3 is 0 Å². The number of likely N-dealkylation sites (N-methyl/N-ethyl adjacent to an activating group) is 1. The Kier molecular flexibility index (Phi) is 5.41. The molecular formula is C19H29N5. The second-order valence-corrected chi connectivity index (χ2v) is 6.81. The van der Waals surface area contributed by atoms with Gasteiger partial charge in [-0.25, -0.2) is 0 Å². The summed E-state index contributed by atoms with van der Waals surface area (Å²) in [6.07, 6.45) is 5.20. The van der Waals surface area contributed by atoms with Crippen molar-refractivity contribution in [2.75, 3.05) is 43.4 Å². The van der Waals surface area contributed by atoms with Gasteiger partial charge < -0.3 is 15.1 Å². The molecule has 1 N–H and O–H groups in total. The molecular weight excluding hydrogens is 298 g/mol. The molecule has 0 unspecified atom stereocenters. The molecule has 1 fully saturated rings. The monoisotopic (exact) mass is 327 g/mol. The van der Waals surface area contributed by atoms with Crippen LogP contribution in [-0.4, -0.2) is 47.9 Å². The van der Waals surface area contributed by atoms with E-state index in [0.29, 0.717) is 0 Å². The Labute approximate surface area is 145 Å². The van der Waals surface area contributed by atoms with Gasteiger partial charge in [0, 0.05) is 62.4 Å². The van der Waals surface area contributed by atoms with E-state index in [2.05, 4.69) is 65.5 Å². The number of rotatable bonds is 6. The molecule has 0 atom stereocenters. The number of piperazine rings is 1. The summed E-state index contributed by atoms with van der Waals surface area (Å²) >= 11 is 0. The van der Waals surface area contributed by atoms with Crippen LogP contribution in [-0.2, 0) is 13.1 Å². The molecule has 5 nitrogen and oxygen atoms in total. The van der Waals surface area contributed by atoms with Crippen LogP contribution in [0.4, 0.5) is 11.4 Å². The molecule has 3 rings (SSSR count). The maximum Gasteiger partial charge on any atom is 0.0539 e. The van der Waals surface area contributed by atoms with E-state index in [-0.39, 0.29) is 0 Å². The third-order valence-corrected chi connectivity index (χ3v) is 4.57. The van der Waals surface area contributed by atoms with Crippen molar-refractivity contribution < 1.29 is 0 Å². The number of aryl methyl sites for hydroxylation is 2. The van der Waals surface area contributed by atoms with Gasteiger partial charge in [0.2, 0.25) is 0 Å². The van der Waals surface area contributed by atoms with Crippen LogP contribution in [0.1, 0.15) is 24.5 Å². The summed E-state index contributed by atoms with van der Waals surface area (Å²) in [5.41, 5.74) is 5.04. The van der Waals surface area contributed by atoms with Gasteiger partial charge in [0.25, 0.3) is 0 Å².